The highest BCUT2D eigenvalue weighted by Crippen LogP contribution is 2.28. The van der Waals surface area contributed by atoms with Crippen LogP contribution in [0.4, 0.5) is 5.69 Å². The minimum Gasteiger partial charge on any atom is -0.507 e. The van der Waals surface area contributed by atoms with Gasteiger partial charge in [-0.2, -0.15) is 0 Å². The van der Waals surface area contributed by atoms with Crippen molar-refractivity contribution in [3.05, 3.63) is 59.2 Å². The first-order chi connectivity index (χ1) is 11.5. The van der Waals surface area contributed by atoms with Crippen LogP contribution in [0.3, 0.4) is 0 Å². The topological polar surface area (TPSA) is 66.8 Å². The van der Waals surface area contributed by atoms with Crippen LogP contribution in [0.5, 0.6) is 5.75 Å². The average molecular weight is 325 g/mol. The van der Waals surface area contributed by atoms with Crippen molar-refractivity contribution < 1.29 is 19.4 Å². The third-order valence-corrected chi connectivity index (χ3v) is 4.16. The Balaban J connectivity index is 1.72. The molecule has 5 nitrogen and oxygen atoms in total. The number of hydrogen-bond acceptors (Lipinski definition) is 4. The van der Waals surface area contributed by atoms with Gasteiger partial charge in [0.25, 0.3) is 5.91 Å². The highest BCUT2D eigenvalue weighted by atomic mass is 16.5. The van der Waals surface area contributed by atoms with E-state index in [2.05, 4.69) is 0 Å². The predicted molar refractivity (Wildman–Crippen MR) is 90.2 cm³/mol. The molecule has 24 heavy (non-hydrogen) atoms. The van der Waals surface area contributed by atoms with Gasteiger partial charge in [-0.25, -0.2) is 4.79 Å². The van der Waals surface area contributed by atoms with Crippen molar-refractivity contribution >= 4 is 17.6 Å². The van der Waals surface area contributed by atoms with Gasteiger partial charge in [-0.3, -0.25) is 4.79 Å². The van der Waals surface area contributed by atoms with E-state index in [4.69, 9.17) is 4.74 Å². The molecule has 0 bridgehead atoms. The van der Waals surface area contributed by atoms with E-state index < -0.39 is 12.1 Å². The maximum absolute atomic E-state index is 12.6. The third kappa shape index (κ3) is 2.97. The number of anilines is 1. The number of carbonyl (C=O) groups excluding carboxylic acids is 2. The Morgan fingerprint density at radius 2 is 1.96 bits per heavy atom. The molecule has 0 fully saturated rings. The fraction of sp³-hybridized carbons (Fsp3) is 0.263. The number of esters is 1. The number of amides is 1. The summed E-state index contributed by atoms with van der Waals surface area (Å²) in [6.45, 7) is 3.94. The van der Waals surface area contributed by atoms with Gasteiger partial charge >= 0.3 is 5.97 Å². The quantitative estimate of drug-likeness (QED) is 0.881. The van der Waals surface area contributed by atoms with Crippen LogP contribution in [0.25, 0.3) is 0 Å². The summed E-state index contributed by atoms with van der Waals surface area (Å²) >= 11 is 0. The number of nitrogens with zero attached hydrogens (tertiary/aromatic N) is 1. The van der Waals surface area contributed by atoms with Crippen molar-refractivity contribution in [3.8, 4) is 5.75 Å². The van der Waals surface area contributed by atoms with Gasteiger partial charge in [-0.05, 0) is 49.6 Å². The number of hydrogen-bond donors (Lipinski definition) is 1. The van der Waals surface area contributed by atoms with Crippen LogP contribution in [0.2, 0.25) is 0 Å². The van der Waals surface area contributed by atoms with Gasteiger partial charge in [0.05, 0.1) is 0 Å². The van der Waals surface area contributed by atoms with Crippen molar-refractivity contribution in [2.24, 2.45) is 0 Å². The lowest BCUT2D eigenvalue weighted by atomic mass is 10.1. The van der Waals surface area contributed by atoms with E-state index in [9.17, 15) is 14.7 Å². The summed E-state index contributed by atoms with van der Waals surface area (Å²) in [4.78, 5) is 26.4. The number of phenolic OH excluding ortho intramolecular Hbond substituents is 1. The number of para-hydroxylation sites is 1. The smallest absolute Gasteiger partial charge is 0.342 e. The number of ether oxygens (including phenoxy) is 1. The van der Waals surface area contributed by atoms with Gasteiger partial charge < -0.3 is 14.7 Å². The van der Waals surface area contributed by atoms with Crippen molar-refractivity contribution in [3.63, 3.8) is 0 Å². The first kappa shape index (κ1) is 16.1. The van der Waals surface area contributed by atoms with Crippen LogP contribution < -0.4 is 4.90 Å². The molecule has 1 amide bonds. The van der Waals surface area contributed by atoms with Crippen LogP contribution >= 0.6 is 0 Å². The lowest BCUT2D eigenvalue weighted by molar-refractivity contribution is -0.126. The number of fused-ring (bicyclic) bond motifs is 1. The second kappa shape index (κ2) is 6.35. The molecule has 1 heterocycles. The van der Waals surface area contributed by atoms with E-state index >= 15 is 0 Å². The Hall–Kier alpha value is -2.82. The third-order valence-electron chi connectivity index (χ3n) is 4.16. The van der Waals surface area contributed by atoms with Gasteiger partial charge in [0.15, 0.2) is 6.10 Å². The Morgan fingerprint density at radius 1 is 1.21 bits per heavy atom. The van der Waals surface area contributed by atoms with Gasteiger partial charge in [0, 0.05) is 12.2 Å². The minimum atomic E-state index is -0.927. The van der Waals surface area contributed by atoms with Crippen LogP contribution in [0.15, 0.2) is 42.5 Å². The molecule has 124 valence electrons. The molecule has 1 aliphatic rings. The maximum Gasteiger partial charge on any atom is 0.342 e. The molecule has 0 aliphatic carbocycles. The number of aromatic hydroxyl groups is 1. The molecular formula is C19H19NO4. The molecule has 1 atom stereocenters. The molecule has 3 rings (SSSR count). The second-order valence-electron chi connectivity index (χ2n) is 5.94. The fourth-order valence-electron chi connectivity index (χ4n) is 2.88. The number of benzene rings is 2. The monoisotopic (exact) mass is 325 g/mol. The Labute approximate surface area is 140 Å². The van der Waals surface area contributed by atoms with Gasteiger partial charge in [0.1, 0.15) is 11.3 Å². The van der Waals surface area contributed by atoms with Crippen LogP contribution in [-0.4, -0.2) is 29.6 Å². The molecule has 0 aromatic heterocycles. The highest BCUT2D eigenvalue weighted by molar-refractivity contribution is 6.00. The number of rotatable bonds is 3. The van der Waals surface area contributed by atoms with Crippen molar-refractivity contribution in [2.75, 3.05) is 11.4 Å². The van der Waals surface area contributed by atoms with E-state index in [1.54, 1.807) is 17.9 Å². The molecule has 0 saturated heterocycles. The summed E-state index contributed by atoms with van der Waals surface area (Å²) in [6, 6.07) is 12.4. The normalized spacial score (nSPS) is 14.2. The number of aryl methyl sites for hydroxylation is 1. The van der Waals surface area contributed by atoms with E-state index in [1.165, 1.54) is 12.1 Å². The van der Waals surface area contributed by atoms with E-state index in [0.717, 1.165) is 23.2 Å². The fourth-order valence-corrected chi connectivity index (χ4v) is 2.88. The molecule has 1 aliphatic heterocycles. The first-order valence-corrected chi connectivity index (χ1v) is 7.87. The lowest BCUT2D eigenvalue weighted by Gasteiger charge is -2.21. The average Bonchev–Trinajstić information content (AvgIpc) is 2.97. The highest BCUT2D eigenvalue weighted by Gasteiger charge is 2.30. The standard InChI is InChI=1S/C19H19NO4/c1-12-7-8-15(17(21)11-12)19(23)24-13(2)18(22)20-10-9-14-5-3-4-6-16(14)20/h3-8,11,13,21H,9-10H2,1-2H3/t13-/m0/s1. The molecule has 5 heteroatoms. The summed E-state index contributed by atoms with van der Waals surface area (Å²) in [6.07, 6.45) is -0.134. The van der Waals surface area contributed by atoms with Crippen LogP contribution in [-0.2, 0) is 16.0 Å². The molecule has 1 N–H and O–H groups in total. The van der Waals surface area contributed by atoms with Gasteiger partial charge in [-0.1, -0.05) is 24.3 Å². The summed E-state index contributed by atoms with van der Waals surface area (Å²) in [5.41, 5.74) is 2.87. The van der Waals surface area contributed by atoms with Gasteiger partial charge in [0.2, 0.25) is 0 Å². The Kier molecular flexibility index (Phi) is 4.25. The van der Waals surface area contributed by atoms with Gasteiger partial charge in [-0.15, -0.1) is 0 Å². The van der Waals surface area contributed by atoms with E-state index in [1.807, 2.05) is 31.2 Å². The predicted octanol–water partition coefficient (Wildman–Crippen LogP) is 2.84. The number of carbonyl (C=O) groups is 2. The zero-order chi connectivity index (χ0) is 17.3. The summed E-state index contributed by atoms with van der Waals surface area (Å²) < 4.78 is 5.26. The largest absolute Gasteiger partial charge is 0.507 e. The molecule has 0 spiro atoms. The van der Waals surface area contributed by atoms with Crippen LogP contribution in [0, 0.1) is 6.92 Å². The van der Waals surface area contributed by atoms with Crippen LogP contribution in [0.1, 0.15) is 28.4 Å². The van der Waals surface area contributed by atoms with E-state index in [0.29, 0.717) is 6.54 Å². The molecular weight excluding hydrogens is 306 g/mol. The molecule has 2 aromatic carbocycles. The lowest BCUT2D eigenvalue weighted by Crippen LogP contribution is -2.39. The Morgan fingerprint density at radius 3 is 2.71 bits per heavy atom. The SMILES string of the molecule is Cc1ccc(C(=O)O[C@@H](C)C(=O)N2CCc3ccccc32)c(O)c1. The minimum absolute atomic E-state index is 0.0575. The molecule has 0 unspecified atom stereocenters. The molecule has 0 saturated carbocycles. The zero-order valence-corrected chi connectivity index (χ0v) is 13.7. The summed E-state index contributed by atoms with van der Waals surface area (Å²) in [5.74, 6) is -1.12. The van der Waals surface area contributed by atoms with Crippen molar-refractivity contribution in [1.82, 2.24) is 0 Å². The maximum atomic E-state index is 12.6. The van der Waals surface area contributed by atoms with Crippen molar-refractivity contribution in [1.29, 1.82) is 0 Å². The van der Waals surface area contributed by atoms with Crippen molar-refractivity contribution in [2.45, 2.75) is 26.4 Å². The summed E-state index contributed by atoms with van der Waals surface area (Å²) in [5, 5.41) is 9.86. The number of phenols is 1. The Bertz CT molecular complexity index is 800. The second-order valence-corrected chi connectivity index (χ2v) is 5.94. The zero-order valence-electron chi connectivity index (χ0n) is 13.7. The van der Waals surface area contributed by atoms with E-state index in [-0.39, 0.29) is 17.2 Å². The molecule has 2 aromatic rings. The summed E-state index contributed by atoms with van der Waals surface area (Å²) in [7, 11) is 0. The first-order valence-electron chi connectivity index (χ1n) is 7.87. The molecule has 0 radical (unpaired) electrons.